The first kappa shape index (κ1) is 357. The summed E-state index contributed by atoms with van der Waals surface area (Å²) in [6.45, 7) is 0. The average molecular weight is 112 g/mol. The van der Waals surface area contributed by atoms with E-state index in [1.54, 1.807) is 0 Å². The van der Waals surface area contributed by atoms with E-state index in [2.05, 4.69) is 0 Å². The molecule has 0 aromatic carbocycles. The van der Waals surface area contributed by atoms with Crippen molar-refractivity contribution in [3.05, 3.63) is 0 Å². The molecule has 0 saturated carbocycles. The van der Waals surface area contributed by atoms with Gasteiger partial charge in [-0.2, -0.15) is 0 Å². The van der Waals surface area contributed by atoms with Crippen LogP contribution in [0.15, 0.2) is 0 Å². The third-order valence-corrected chi connectivity index (χ3v) is 0. The summed E-state index contributed by atoms with van der Waals surface area (Å²) in [5.74, 6) is 0. The zero-order valence-electron chi connectivity index (χ0n) is 3.45. The molecule has 0 saturated heterocycles. The largest absolute Gasteiger partial charge is 1.00 e. The van der Waals surface area contributed by atoms with Crippen molar-refractivity contribution >= 4 is 0 Å². The van der Waals surface area contributed by atoms with Gasteiger partial charge in [0.25, 0.3) is 0 Å². The normalized spacial score (nSPS) is 0. The van der Waals surface area contributed by atoms with Crippen LogP contribution in [-0.2, 0) is 0 Å². The van der Waals surface area contributed by atoms with Crippen LogP contribution in [0.25, 0.3) is 0 Å². The van der Waals surface area contributed by atoms with Gasteiger partial charge in [-0.1, -0.05) is 0 Å². The second kappa shape index (κ2) is 209. The minimum Gasteiger partial charge on any atom is -0.870 e. The number of hydrogen-bond acceptors (Lipinski definition) is 1. The molecule has 0 atom stereocenters. The molecule has 0 fully saturated rings. The molecule has 6 heteroatoms. The van der Waals surface area contributed by atoms with Gasteiger partial charge in [-0.25, -0.2) is 0 Å². The van der Waals surface area contributed by atoms with Crippen molar-refractivity contribution in [2.24, 2.45) is 0 Å². The van der Waals surface area contributed by atoms with Gasteiger partial charge in [0.15, 0.2) is 0 Å². The molecule has 0 aliphatic carbocycles. The zero-order valence-corrected chi connectivity index (χ0v) is 5.45. The minimum absolute atomic E-state index is 0. The molecule has 6 heavy (non-hydrogen) atoms. The summed E-state index contributed by atoms with van der Waals surface area (Å²) in [4.78, 5) is 0. The smallest absolute Gasteiger partial charge is 0.870 e. The minimum atomic E-state index is 0. The Morgan fingerprint density at radius 1 is 0.500 bits per heavy atom. The quantitative estimate of drug-likeness (QED) is 0.280. The summed E-state index contributed by atoms with van der Waals surface area (Å²) in [5, 5.41) is 0. The van der Waals surface area contributed by atoms with Gasteiger partial charge in [0.1, 0.15) is 0 Å². The Kier molecular flexibility index (Phi) is 12400. The van der Waals surface area contributed by atoms with Crippen LogP contribution in [0.5, 0.6) is 0 Å². The maximum Gasteiger partial charge on any atom is 1.00 e. The van der Waals surface area contributed by atoms with E-state index in [0.29, 0.717) is 0 Å². The van der Waals surface area contributed by atoms with E-state index >= 15 is 0 Å². The van der Waals surface area contributed by atoms with Crippen LogP contribution in [0.1, 0.15) is 0 Å². The van der Waals surface area contributed by atoms with Gasteiger partial charge >= 0.3 is 29.6 Å². The van der Waals surface area contributed by atoms with Crippen molar-refractivity contribution < 1.29 is 56.9 Å². The molecule has 0 amide bonds. The molecule has 0 unspecified atom stereocenters. The van der Waals surface area contributed by atoms with Gasteiger partial charge in [-0.15, -0.1) is 0 Å². The molecule has 0 aromatic rings. The van der Waals surface area contributed by atoms with E-state index in [9.17, 15) is 0 Å². The second-order valence-electron chi connectivity index (χ2n) is 0. The van der Waals surface area contributed by atoms with Crippen LogP contribution in [-0.4, -0.2) is 27.4 Å². The average Bonchev–Trinajstić information content (AvgIpc) is 0. The molecule has 0 aromatic heterocycles. The number of hydrogen-bond donors (Lipinski definition) is 0. The van der Waals surface area contributed by atoms with E-state index in [1.807, 2.05) is 0 Å². The van der Waals surface area contributed by atoms with Crippen LogP contribution in [0.2, 0.25) is 0 Å². The maximum absolute atomic E-state index is 0. The fourth-order valence-electron chi connectivity index (χ4n) is 0. The molecule has 0 bridgehead atoms. The molecule has 0 aliphatic rings. The van der Waals surface area contributed by atoms with Crippen LogP contribution >= 0.6 is 0 Å². The van der Waals surface area contributed by atoms with Gasteiger partial charge in [0.05, 0.1) is 0 Å². The van der Waals surface area contributed by atoms with Gasteiger partial charge in [-0.05, 0) is 0 Å². The molecule has 0 rings (SSSR count). The Balaban J connectivity index is 0. The third kappa shape index (κ3) is 108. The summed E-state index contributed by atoms with van der Waals surface area (Å²) < 4.78 is 0. The number of rotatable bonds is 0. The summed E-state index contributed by atoms with van der Waals surface area (Å²) in [6.07, 6.45) is 0. The molecular formula is H9NaO5. The fraction of sp³-hybridized carbons (Fsp3) is 0. The van der Waals surface area contributed by atoms with E-state index in [-0.39, 0.29) is 56.9 Å². The SMILES string of the molecule is O.O.O.O.[Na+].[OH-]. The van der Waals surface area contributed by atoms with Crippen LogP contribution in [0, 0.1) is 0 Å². The topological polar surface area (TPSA) is 156 Å². The first-order valence-corrected chi connectivity index (χ1v) is 0. The first-order valence-electron chi connectivity index (χ1n) is 0. The Bertz CT molecular complexity index is 3.90. The Hall–Kier alpha value is 0.800. The predicted octanol–water partition coefficient (Wildman–Crippen LogP) is -6.47. The van der Waals surface area contributed by atoms with E-state index in [1.165, 1.54) is 0 Å². The third-order valence-electron chi connectivity index (χ3n) is 0. The van der Waals surface area contributed by atoms with E-state index in [0.717, 1.165) is 0 Å². The monoisotopic (exact) mass is 112 g/mol. The summed E-state index contributed by atoms with van der Waals surface area (Å²) in [5.41, 5.74) is 0. The molecule has 0 heterocycles. The van der Waals surface area contributed by atoms with Crippen molar-refractivity contribution in [3.8, 4) is 0 Å². The maximum atomic E-state index is 0. The molecule has 5 nitrogen and oxygen atoms in total. The summed E-state index contributed by atoms with van der Waals surface area (Å²) in [7, 11) is 0. The van der Waals surface area contributed by atoms with Crippen molar-refractivity contribution in [2.75, 3.05) is 0 Å². The summed E-state index contributed by atoms with van der Waals surface area (Å²) in [6, 6.07) is 0. The fourth-order valence-corrected chi connectivity index (χ4v) is 0. The van der Waals surface area contributed by atoms with E-state index < -0.39 is 0 Å². The second-order valence-corrected chi connectivity index (χ2v) is 0. The van der Waals surface area contributed by atoms with Crippen LogP contribution in [0.3, 0.4) is 0 Å². The van der Waals surface area contributed by atoms with Gasteiger partial charge in [-0.3, -0.25) is 0 Å². The molecule has 0 spiro atoms. The summed E-state index contributed by atoms with van der Waals surface area (Å²) >= 11 is 0. The Morgan fingerprint density at radius 3 is 0.500 bits per heavy atom. The zero-order chi connectivity index (χ0) is 0. The van der Waals surface area contributed by atoms with Gasteiger partial charge in [0.2, 0.25) is 0 Å². The molecule has 0 radical (unpaired) electrons. The Labute approximate surface area is 57.2 Å². The van der Waals surface area contributed by atoms with Gasteiger partial charge in [0, 0.05) is 0 Å². The molecule has 40 valence electrons. The molecule has 9 N–H and O–H groups in total. The van der Waals surface area contributed by atoms with Crippen molar-refractivity contribution in [1.82, 2.24) is 0 Å². The predicted molar refractivity (Wildman–Crippen MR) is 16.4 cm³/mol. The van der Waals surface area contributed by atoms with Gasteiger partial charge < -0.3 is 27.4 Å². The van der Waals surface area contributed by atoms with Crippen LogP contribution < -0.4 is 29.6 Å². The molecular weight excluding hydrogens is 103 g/mol. The molecule has 0 aliphatic heterocycles. The van der Waals surface area contributed by atoms with Crippen LogP contribution in [0.4, 0.5) is 0 Å². The van der Waals surface area contributed by atoms with Crippen molar-refractivity contribution in [3.63, 3.8) is 0 Å². The Morgan fingerprint density at radius 2 is 0.500 bits per heavy atom. The van der Waals surface area contributed by atoms with Crippen molar-refractivity contribution in [2.45, 2.75) is 0 Å². The van der Waals surface area contributed by atoms with Crippen molar-refractivity contribution in [1.29, 1.82) is 0 Å². The standard InChI is InChI=1S/Na.5H2O/h;5*1H2/q+1;;;;;/p-1. The first-order chi connectivity index (χ1) is 0. The van der Waals surface area contributed by atoms with E-state index in [4.69, 9.17) is 0 Å².